The van der Waals surface area contributed by atoms with Crippen molar-refractivity contribution in [1.29, 1.82) is 0 Å². The van der Waals surface area contributed by atoms with Crippen LogP contribution < -0.4 is 5.73 Å². The third kappa shape index (κ3) is 37.0. The van der Waals surface area contributed by atoms with Crippen molar-refractivity contribution < 1.29 is 14.4 Å². The van der Waals surface area contributed by atoms with Crippen LogP contribution in [0.5, 0.6) is 0 Å². The molecule has 0 aromatic carbocycles. The molecule has 12 heavy (non-hydrogen) atoms. The highest BCUT2D eigenvalue weighted by Gasteiger charge is 1.95. The summed E-state index contributed by atoms with van der Waals surface area (Å²) in [5, 5.41) is 0. The third-order valence-corrected chi connectivity index (χ3v) is 0.829. The summed E-state index contributed by atoms with van der Waals surface area (Å²) in [5.41, 5.74) is 4.47. The molecule has 0 bridgehead atoms. The van der Waals surface area contributed by atoms with Crippen molar-refractivity contribution in [1.82, 2.24) is 0 Å². The van der Waals surface area contributed by atoms with E-state index in [1.165, 1.54) is 20.8 Å². The monoisotopic (exact) mass is 173 g/mol. The Kier molecular flexibility index (Phi) is 8.84. The number of rotatable bonds is 3. The third-order valence-electron chi connectivity index (χ3n) is 0.829. The standard InChI is InChI=1S/C6H10O2.C2H5NO/c1-5(7)3-4-6(2)8;1-2(3)4/h3-4H2,1-2H3;1H3,(H2,3,4). The average Bonchev–Trinajstić information content (AvgIpc) is 1.82. The number of Topliss-reactive ketones (excluding diaryl/α,β-unsaturated/α-hetero) is 2. The second kappa shape index (κ2) is 7.91. The largest absolute Gasteiger partial charge is 0.370 e. The Bertz CT molecular complexity index is 157. The number of nitrogens with two attached hydrogens (primary N) is 1. The molecule has 0 radical (unpaired) electrons. The van der Waals surface area contributed by atoms with Gasteiger partial charge in [-0.05, 0) is 13.8 Å². The van der Waals surface area contributed by atoms with Gasteiger partial charge in [-0.25, -0.2) is 0 Å². The number of amides is 1. The van der Waals surface area contributed by atoms with E-state index in [1.54, 1.807) is 0 Å². The lowest BCUT2D eigenvalue weighted by molar-refractivity contribution is -0.122. The van der Waals surface area contributed by atoms with Gasteiger partial charge in [0.25, 0.3) is 0 Å². The molecule has 0 saturated carbocycles. The number of carbonyl (C=O) groups excluding carboxylic acids is 3. The van der Waals surface area contributed by atoms with E-state index in [9.17, 15) is 14.4 Å². The second-order valence-corrected chi connectivity index (χ2v) is 2.51. The van der Waals surface area contributed by atoms with Crippen LogP contribution in [-0.2, 0) is 14.4 Å². The van der Waals surface area contributed by atoms with Crippen molar-refractivity contribution in [2.24, 2.45) is 5.73 Å². The number of hydrogen-bond donors (Lipinski definition) is 1. The van der Waals surface area contributed by atoms with E-state index >= 15 is 0 Å². The fourth-order valence-corrected chi connectivity index (χ4v) is 0.352. The molecule has 0 fully saturated rings. The van der Waals surface area contributed by atoms with Crippen molar-refractivity contribution >= 4 is 17.5 Å². The average molecular weight is 173 g/mol. The predicted molar refractivity (Wildman–Crippen MR) is 45.5 cm³/mol. The molecule has 4 heteroatoms. The summed E-state index contributed by atoms with van der Waals surface area (Å²) in [4.78, 5) is 29.6. The Morgan fingerprint density at radius 1 is 0.917 bits per heavy atom. The van der Waals surface area contributed by atoms with Crippen LogP contribution in [0.3, 0.4) is 0 Å². The summed E-state index contributed by atoms with van der Waals surface area (Å²) in [6, 6.07) is 0. The minimum absolute atomic E-state index is 0.0835. The Morgan fingerprint density at radius 3 is 1.17 bits per heavy atom. The summed E-state index contributed by atoms with van der Waals surface area (Å²) >= 11 is 0. The SMILES string of the molecule is CC(=O)CCC(C)=O.CC(N)=O. The van der Waals surface area contributed by atoms with E-state index in [1.807, 2.05) is 0 Å². The molecule has 0 spiro atoms. The number of hydrogen-bond acceptors (Lipinski definition) is 3. The topological polar surface area (TPSA) is 77.2 Å². The molecule has 0 aliphatic rings. The van der Waals surface area contributed by atoms with Crippen LogP contribution >= 0.6 is 0 Å². The highest BCUT2D eigenvalue weighted by Crippen LogP contribution is 1.89. The smallest absolute Gasteiger partial charge is 0.214 e. The van der Waals surface area contributed by atoms with E-state index in [0.717, 1.165) is 0 Å². The Labute approximate surface area is 72.1 Å². The Hall–Kier alpha value is -1.19. The first-order valence-corrected chi connectivity index (χ1v) is 3.61. The first-order chi connectivity index (χ1) is 5.36. The lowest BCUT2D eigenvalue weighted by atomic mass is 10.2. The van der Waals surface area contributed by atoms with E-state index in [2.05, 4.69) is 5.73 Å². The maximum atomic E-state index is 10.2. The van der Waals surface area contributed by atoms with Crippen LogP contribution in [0.15, 0.2) is 0 Å². The lowest BCUT2D eigenvalue weighted by Gasteiger charge is -1.86. The van der Waals surface area contributed by atoms with Gasteiger partial charge >= 0.3 is 0 Å². The van der Waals surface area contributed by atoms with Gasteiger partial charge in [0.15, 0.2) is 0 Å². The first-order valence-electron chi connectivity index (χ1n) is 3.61. The molecule has 1 amide bonds. The van der Waals surface area contributed by atoms with Gasteiger partial charge in [-0.2, -0.15) is 0 Å². The van der Waals surface area contributed by atoms with E-state index < -0.39 is 0 Å². The summed E-state index contributed by atoms with van der Waals surface area (Å²) in [5.74, 6) is -0.166. The van der Waals surface area contributed by atoms with Crippen LogP contribution in [0.2, 0.25) is 0 Å². The molecule has 0 aliphatic carbocycles. The predicted octanol–water partition coefficient (Wildman–Crippen LogP) is 0.436. The molecule has 0 aliphatic heterocycles. The maximum absolute atomic E-state index is 10.2. The minimum Gasteiger partial charge on any atom is -0.370 e. The minimum atomic E-state index is -0.333. The highest BCUT2D eigenvalue weighted by atomic mass is 16.1. The summed E-state index contributed by atoms with van der Waals surface area (Å²) in [6.45, 7) is 4.28. The maximum Gasteiger partial charge on any atom is 0.214 e. The van der Waals surface area contributed by atoms with Crippen LogP contribution in [0, 0.1) is 0 Å². The number of ketones is 2. The van der Waals surface area contributed by atoms with E-state index in [-0.39, 0.29) is 17.5 Å². The van der Waals surface area contributed by atoms with Crippen LogP contribution in [-0.4, -0.2) is 17.5 Å². The fourth-order valence-electron chi connectivity index (χ4n) is 0.352. The second-order valence-electron chi connectivity index (χ2n) is 2.51. The number of carbonyl (C=O) groups is 3. The summed E-state index contributed by atoms with van der Waals surface area (Å²) < 4.78 is 0. The van der Waals surface area contributed by atoms with Gasteiger partial charge < -0.3 is 15.3 Å². The quantitative estimate of drug-likeness (QED) is 0.672. The van der Waals surface area contributed by atoms with Gasteiger partial charge in [0, 0.05) is 19.8 Å². The Morgan fingerprint density at radius 2 is 1.08 bits per heavy atom. The van der Waals surface area contributed by atoms with Gasteiger partial charge in [-0.3, -0.25) is 4.79 Å². The van der Waals surface area contributed by atoms with Crippen LogP contribution in [0.4, 0.5) is 0 Å². The molecule has 0 atom stereocenters. The molecule has 0 rings (SSSR count). The molecule has 0 saturated heterocycles. The molecule has 70 valence electrons. The normalized spacial score (nSPS) is 7.92. The van der Waals surface area contributed by atoms with Crippen molar-refractivity contribution in [3.05, 3.63) is 0 Å². The van der Waals surface area contributed by atoms with Crippen LogP contribution in [0.25, 0.3) is 0 Å². The Balaban J connectivity index is 0. The van der Waals surface area contributed by atoms with Crippen molar-refractivity contribution in [2.45, 2.75) is 33.6 Å². The molecule has 4 nitrogen and oxygen atoms in total. The van der Waals surface area contributed by atoms with Gasteiger partial charge in [-0.15, -0.1) is 0 Å². The fraction of sp³-hybridized carbons (Fsp3) is 0.625. The van der Waals surface area contributed by atoms with Gasteiger partial charge in [0.05, 0.1) is 0 Å². The van der Waals surface area contributed by atoms with Gasteiger partial charge in [0.2, 0.25) is 5.91 Å². The molecule has 0 heterocycles. The zero-order valence-electron chi connectivity index (χ0n) is 7.72. The zero-order valence-corrected chi connectivity index (χ0v) is 7.72. The van der Waals surface area contributed by atoms with E-state index in [4.69, 9.17) is 0 Å². The highest BCUT2D eigenvalue weighted by molar-refractivity contribution is 5.83. The summed E-state index contributed by atoms with van der Waals surface area (Å²) in [6.07, 6.45) is 0.796. The van der Waals surface area contributed by atoms with E-state index in [0.29, 0.717) is 12.8 Å². The molecule has 2 N–H and O–H groups in total. The molecular formula is C8H15NO3. The van der Waals surface area contributed by atoms with Gasteiger partial charge in [-0.1, -0.05) is 0 Å². The molecule has 0 unspecified atom stereocenters. The van der Waals surface area contributed by atoms with Gasteiger partial charge in [0.1, 0.15) is 11.6 Å². The van der Waals surface area contributed by atoms with Crippen molar-refractivity contribution in [3.63, 3.8) is 0 Å². The summed E-state index contributed by atoms with van der Waals surface area (Å²) in [7, 11) is 0. The number of primary amides is 1. The van der Waals surface area contributed by atoms with Crippen molar-refractivity contribution in [3.8, 4) is 0 Å². The van der Waals surface area contributed by atoms with Crippen LogP contribution in [0.1, 0.15) is 33.6 Å². The zero-order chi connectivity index (χ0) is 10.1. The molecular weight excluding hydrogens is 158 g/mol. The molecule has 0 aromatic heterocycles. The van der Waals surface area contributed by atoms with Crippen molar-refractivity contribution in [2.75, 3.05) is 0 Å². The first kappa shape index (κ1) is 13.4. The lowest BCUT2D eigenvalue weighted by Crippen LogP contribution is -2.01. The molecule has 0 aromatic rings.